The second kappa shape index (κ2) is 5.98. The fourth-order valence-electron chi connectivity index (χ4n) is 0.857. The lowest BCUT2D eigenvalue weighted by Gasteiger charge is -2.10. The topological polar surface area (TPSA) is 31.4 Å². The van der Waals surface area contributed by atoms with Crippen LogP contribution in [0.25, 0.3) is 0 Å². The molecular weight excluding hydrogens is 246 g/mol. The van der Waals surface area contributed by atoms with Crippen LogP contribution in [0.15, 0.2) is 18.3 Å². The summed E-state index contributed by atoms with van der Waals surface area (Å²) >= 11 is 3.33. The molecule has 0 amide bonds. The highest BCUT2D eigenvalue weighted by molar-refractivity contribution is 9.08. The molecule has 0 bridgehead atoms. The number of rotatable bonds is 5. The van der Waals surface area contributed by atoms with Gasteiger partial charge in [0.15, 0.2) is 0 Å². The maximum absolute atomic E-state index is 5.46. The first-order valence-electron chi connectivity index (χ1n) is 4.42. The van der Waals surface area contributed by atoms with Crippen LogP contribution in [0, 0.1) is 0 Å². The molecule has 0 saturated carbocycles. The van der Waals surface area contributed by atoms with Crippen LogP contribution >= 0.6 is 15.9 Å². The third-order valence-electron chi connectivity index (χ3n) is 1.82. The van der Waals surface area contributed by atoms with Gasteiger partial charge in [0, 0.05) is 12.4 Å². The standard InChI is InChI=1S/C10H14BrNO2/c1-8(13-2)7-14-10-4-3-9(5-11)12-6-10/h3-4,6,8H,5,7H2,1-2H3. The Morgan fingerprint density at radius 3 is 2.79 bits per heavy atom. The van der Waals surface area contributed by atoms with Crippen LogP contribution in [0.4, 0.5) is 0 Å². The van der Waals surface area contributed by atoms with Crippen molar-refractivity contribution in [3.05, 3.63) is 24.0 Å². The van der Waals surface area contributed by atoms with E-state index in [0.717, 1.165) is 16.8 Å². The largest absolute Gasteiger partial charge is 0.489 e. The third-order valence-corrected chi connectivity index (χ3v) is 2.40. The van der Waals surface area contributed by atoms with Gasteiger partial charge in [0.05, 0.1) is 18.0 Å². The lowest BCUT2D eigenvalue weighted by molar-refractivity contribution is 0.0715. The van der Waals surface area contributed by atoms with E-state index in [1.165, 1.54) is 0 Å². The van der Waals surface area contributed by atoms with Crippen molar-refractivity contribution in [1.82, 2.24) is 4.98 Å². The van der Waals surface area contributed by atoms with E-state index >= 15 is 0 Å². The van der Waals surface area contributed by atoms with Crippen LogP contribution in [0.1, 0.15) is 12.6 Å². The zero-order valence-corrected chi connectivity index (χ0v) is 9.95. The molecule has 0 fully saturated rings. The van der Waals surface area contributed by atoms with Gasteiger partial charge < -0.3 is 9.47 Å². The number of pyridine rings is 1. The van der Waals surface area contributed by atoms with Gasteiger partial charge in [-0.05, 0) is 19.1 Å². The van der Waals surface area contributed by atoms with E-state index in [0.29, 0.717) is 6.61 Å². The second-order valence-corrected chi connectivity index (χ2v) is 3.54. The smallest absolute Gasteiger partial charge is 0.137 e. The highest BCUT2D eigenvalue weighted by Crippen LogP contribution is 2.11. The Hall–Kier alpha value is -0.610. The SMILES string of the molecule is COC(C)COc1ccc(CBr)nc1. The number of aromatic nitrogens is 1. The van der Waals surface area contributed by atoms with Crippen molar-refractivity contribution >= 4 is 15.9 Å². The number of alkyl halides is 1. The van der Waals surface area contributed by atoms with Gasteiger partial charge in [-0.15, -0.1) is 0 Å². The molecule has 78 valence electrons. The Bertz CT molecular complexity index is 263. The van der Waals surface area contributed by atoms with Gasteiger partial charge in [-0.3, -0.25) is 4.98 Å². The summed E-state index contributed by atoms with van der Waals surface area (Å²) in [5, 5.41) is 0.766. The van der Waals surface area contributed by atoms with Gasteiger partial charge in [0.1, 0.15) is 12.4 Å². The maximum Gasteiger partial charge on any atom is 0.137 e. The number of nitrogens with zero attached hydrogens (tertiary/aromatic N) is 1. The molecule has 1 rings (SSSR count). The van der Waals surface area contributed by atoms with Crippen molar-refractivity contribution in [2.45, 2.75) is 18.4 Å². The monoisotopic (exact) mass is 259 g/mol. The second-order valence-electron chi connectivity index (χ2n) is 2.98. The Morgan fingerprint density at radius 1 is 1.50 bits per heavy atom. The first-order chi connectivity index (χ1) is 6.76. The van der Waals surface area contributed by atoms with Gasteiger partial charge in [-0.25, -0.2) is 0 Å². The first kappa shape index (κ1) is 11.5. The minimum absolute atomic E-state index is 0.103. The van der Waals surface area contributed by atoms with Crippen molar-refractivity contribution < 1.29 is 9.47 Å². The molecule has 1 aromatic rings. The number of hydrogen-bond acceptors (Lipinski definition) is 3. The van der Waals surface area contributed by atoms with E-state index < -0.39 is 0 Å². The van der Waals surface area contributed by atoms with Crippen LogP contribution in [-0.2, 0) is 10.1 Å². The van der Waals surface area contributed by atoms with Gasteiger partial charge >= 0.3 is 0 Å². The van der Waals surface area contributed by atoms with Crippen molar-refractivity contribution in [2.24, 2.45) is 0 Å². The van der Waals surface area contributed by atoms with Gasteiger partial charge in [0.25, 0.3) is 0 Å². The fourth-order valence-corrected chi connectivity index (χ4v) is 1.19. The molecule has 14 heavy (non-hydrogen) atoms. The van der Waals surface area contributed by atoms with Crippen LogP contribution < -0.4 is 4.74 Å². The van der Waals surface area contributed by atoms with Crippen LogP contribution in [0.3, 0.4) is 0 Å². The molecule has 0 aromatic carbocycles. The molecule has 0 spiro atoms. The minimum atomic E-state index is 0.103. The van der Waals surface area contributed by atoms with Crippen molar-refractivity contribution in [3.8, 4) is 5.75 Å². The Balaban J connectivity index is 2.43. The van der Waals surface area contributed by atoms with E-state index in [1.807, 2.05) is 19.1 Å². The summed E-state index contributed by atoms with van der Waals surface area (Å²) in [5.41, 5.74) is 0.997. The molecule has 4 heteroatoms. The maximum atomic E-state index is 5.46. The lowest BCUT2D eigenvalue weighted by Crippen LogP contribution is -2.15. The number of halogens is 1. The Morgan fingerprint density at radius 2 is 2.29 bits per heavy atom. The average Bonchev–Trinajstić information content (AvgIpc) is 2.26. The zero-order chi connectivity index (χ0) is 10.4. The summed E-state index contributed by atoms with van der Waals surface area (Å²) < 4.78 is 10.5. The number of methoxy groups -OCH3 is 1. The van der Waals surface area contributed by atoms with Crippen LogP contribution in [0.5, 0.6) is 5.75 Å². The molecule has 1 heterocycles. The summed E-state index contributed by atoms with van der Waals surface area (Å²) in [7, 11) is 1.67. The van der Waals surface area contributed by atoms with E-state index in [-0.39, 0.29) is 6.10 Å². The Labute approximate surface area is 92.6 Å². The summed E-state index contributed by atoms with van der Waals surface area (Å²) in [5.74, 6) is 0.776. The molecule has 3 nitrogen and oxygen atoms in total. The van der Waals surface area contributed by atoms with Crippen LogP contribution in [0.2, 0.25) is 0 Å². The zero-order valence-electron chi connectivity index (χ0n) is 8.37. The molecule has 0 aliphatic carbocycles. The predicted octanol–water partition coefficient (Wildman–Crippen LogP) is 2.39. The van der Waals surface area contributed by atoms with E-state index in [9.17, 15) is 0 Å². The predicted molar refractivity (Wildman–Crippen MR) is 58.8 cm³/mol. The Kier molecular flexibility index (Phi) is 4.90. The first-order valence-corrected chi connectivity index (χ1v) is 5.55. The quantitative estimate of drug-likeness (QED) is 0.762. The molecule has 1 atom stereocenters. The molecule has 0 radical (unpaired) electrons. The fraction of sp³-hybridized carbons (Fsp3) is 0.500. The third kappa shape index (κ3) is 3.64. The van der Waals surface area contributed by atoms with Gasteiger partial charge in [0.2, 0.25) is 0 Å². The number of ether oxygens (including phenoxy) is 2. The van der Waals surface area contributed by atoms with Crippen molar-refractivity contribution in [3.63, 3.8) is 0 Å². The summed E-state index contributed by atoms with van der Waals surface area (Å²) in [6.45, 7) is 2.51. The molecule has 0 aliphatic rings. The average molecular weight is 260 g/mol. The molecule has 1 unspecified atom stereocenters. The van der Waals surface area contributed by atoms with E-state index in [1.54, 1.807) is 13.3 Å². The number of hydrogen-bond donors (Lipinski definition) is 0. The van der Waals surface area contributed by atoms with E-state index in [2.05, 4.69) is 20.9 Å². The highest BCUT2D eigenvalue weighted by Gasteiger charge is 2.00. The van der Waals surface area contributed by atoms with Crippen molar-refractivity contribution in [1.29, 1.82) is 0 Å². The minimum Gasteiger partial charge on any atom is -0.489 e. The van der Waals surface area contributed by atoms with Crippen LogP contribution in [-0.4, -0.2) is 24.8 Å². The molecule has 0 saturated heterocycles. The van der Waals surface area contributed by atoms with Gasteiger partial charge in [-0.2, -0.15) is 0 Å². The van der Waals surface area contributed by atoms with Gasteiger partial charge in [-0.1, -0.05) is 15.9 Å². The molecule has 1 aromatic heterocycles. The highest BCUT2D eigenvalue weighted by atomic mass is 79.9. The van der Waals surface area contributed by atoms with E-state index in [4.69, 9.17) is 9.47 Å². The molecular formula is C10H14BrNO2. The summed E-state index contributed by atoms with van der Waals surface area (Å²) in [6.07, 6.45) is 1.82. The normalized spacial score (nSPS) is 12.5. The lowest BCUT2D eigenvalue weighted by atomic mass is 10.4. The summed E-state index contributed by atoms with van der Waals surface area (Å²) in [6, 6.07) is 3.84. The van der Waals surface area contributed by atoms with Crippen molar-refractivity contribution in [2.75, 3.05) is 13.7 Å². The summed E-state index contributed by atoms with van der Waals surface area (Å²) in [4.78, 5) is 4.19. The molecule has 0 N–H and O–H groups in total. The molecule has 0 aliphatic heterocycles.